The number of amides is 1. The minimum absolute atomic E-state index is 0.222. The number of methoxy groups -OCH3 is 1. The van der Waals surface area contributed by atoms with E-state index < -0.39 is 0 Å². The quantitative estimate of drug-likeness (QED) is 0.430. The van der Waals surface area contributed by atoms with Gasteiger partial charge in [0.2, 0.25) is 0 Å². The molecule has 0 bridgehead atoms. The summed E-state index contributed by atoms with van der Waals surface area (Å²) in [6.45, 7) is 4.43. The molecule has 1 N–H and O–H groups in total. The Balaban J connectivity index is 1.72. The average molecular weight is 412 g/mol. The van der Waals surface area contributed by atoms with Crippen LogP contribution in [0.3, 0.4) is 0 Å². The first kappa shape index (κ1) is 20.4. The number of nitrogens with zero attached hydrogens (tertiary/aromatic N) is 1. The largest absolute Gasteiger partial charge is 0.495 e. The third-order valence-electron chi connectivity index (χ3n) is 5.01. The third-order valence-corrected chi connectivity index (χ3v) is 5.01. The number of pyridine rings is 1. The molecule has 0 spiro atoms. The third kappa shape index (κ3) is 4.36. The number of fused-ring (bicyclic) bond motifs is 1. The van der Waals surface area contributed by atoms with Crippen molar-refractivity contribution in [2.75, 3.05) is 19.0 Å². The minimum Gasteiger partial charge on any atom is -0.495 e. The van der Waals surface area contributed by atoms with Gasteiger partial charge in [0.25, 0.3) is 5.91 Å². The first-order valence-electron chi connectivity index (χ1n) is 10.2. The Bertz CT molecular complexity index is 1240. The van der Waals surface area contributed by atoms with Gasteiger partial charge in [-0.15, -0.1) is 0 Å². The number of benzene rings is 3. The molecule has 4 aromatic rings. The molecule has 0 saturated heterocycles. The molecule has 1 aromatic heterocycles. The Labute approximate surface area is 181 Å². The number of aromatic nitrogens is 1. The number of rotatable bonds is 6. The molecule has 0 atom stereocenters. The minimum atomic E-state index is -0.222. The monoisotopic (exact) mass is 412 g/mol. The summed E-state index contributed by atoms with van der Waals surface area (Å²) in [5.74, 6) is 1.10. The van der Waals surface area contributed by atoms with Crippen molar-refractivity contribution in [3.8, 4) is 22.8 Å². The van der Waals surface area contributed by atoms with Crippen LogP contribution in [0.25, 0.3) is 22.2 Å². The van der Waals surface area contributed by atoms with E-state index in [4.69, 9.17) is 14.5 Å². The molecule has 0 radical (unpaired) electrons. The van der Waals surface area contributed by atoms with Crippen LogP contribution in [-0.2, 0) is 0 Å². The number of carbonyl (C=O) groups is 1. The van der Waals surface area contributed by atoms with Gasteiger partial charge in [0.05, 0.1) is 30.6 Å². The number of anilines is 1. The highest BCUT2D eigenvalue weighted by molar-refractivity contribution is 6.07. The maximum absolute atomic E-state index is 13.0. The summed E-state index contributed by atoms with van der Waals surface area (Å²) >= 11 is 0. The van der Waals surface area contributed by atoms with Gasteiger partial charge in [0.15, 0.2) is 0 Å². The Morgan fingerprint density at radius 1 is 0.968 bits per heavy atom. The fourth-order valence-electron chi connectivity index (χ4n) is 3.48. The fraction of sp³-hybridized carbons (Fsp3) is 0.154. The molecule has 1 heterocycles. The van der Waals surface area contributed by atoms with Crippen molar-refractivity contribution in [3.63, 3.8) is 0 Å². The molecule has 5 nitrogen and oxygen atoms in total. The highest BCUT2D eigenvalue weighted by Crippen LogP contribution is 2.31. The Kier molecular flexibility index (Phi) is 5.85. The van der Waals surface area contributed by atoms with Crippen LogP contribution in [0.4, 0.5) is 5.69 Å². The summed E-state index contributed by atoms with van der Waals surface area (Å²) < 4.78 is 11.3. The number of hydrogen-bond donors (Lipinski definition) is 1. The van der Waals surface area contributed by atoms with Gasteiger partial charge >= 0.3 is 0 Å². The molecule has 4 rings (SSSR count). The van der Waals surface area contributed by atoms with Crippen molar-refractivity contribution < 1.29 is 14.3 Å². The number of aryl methyl sites for hydroxylation is 1. The van der Waals surface area contributed by atoms with Crippen molar-refractivity contribution in [2.24, 2.45) is 0 Å². The zero-order valence-electron chi connectivity index (χ0n) is 17.8. The normalized spacial score (nSPS) is 10.7. The first-order chi connectivity index (χ1) is 15.1. The molecule has 0 aliphatic heterocycles. The second-order valence-corrected chi connectivity index (χ2v) is 7.19. The zero-order chi connectivity index (χ0) is 21.8. The average Bonchev–Trinajstić information content (AvgIpc) is 2.79. The number of nitrogens with one attached hydrogen (secondary N) is 1. The molecule has 0 aliphatic rings. The second kappa shape index (κ2) is 8.88. The first-order valence-corrected chi connectivity index (χ1v) is 10.2. The van der Waals surface area contributed by atoms with Crippen molar-refractivity contribution >= 4 is 22.5 Å². The highest BCUT2D eigenvalue weighted by Gasteiger charge is 2.14. The lowest BCUT2D eigenvalue weighted by Crippen LogP contribution is -2.13. The van der Waals surface area contributed by atoms with Gasteiger partial charge in [0, 0.05) is 22.6 Å². The molecule has 0 fully saturated rings. The summed E-state index contributed by atoms with van der Waals surface area (Å²) in [5.41, 5.74) is 4.80. The number of hydrogen-bond acceptors (Lipinski definition) is 4. The van der Waals surface area contributed by atoms with Gasteiger partial charge in [-0.1, -0.05) is 36.4 Å². The van der Waals surface area contributed by atoms with Gasteiger partial charge in [-0.2, -0.15) is 0 Å². The van der Waals surface area contributed by atoms with Crippen LogP contribution in [0.2, 0.25) is 0 Å². The van der Waals surface area contributed by atoms with Crippen LogP contribution < -0.4 is 14.8 Å². The molecule has 0 unspecified atom stereocenters. The van der Waals surface area contributed by atoms with Gasteiger partial charge < -0.3 is 14.8 Å². The lowest BCUT2D eigenvalue weighted by atomic mass is 10.1. The van der Waals surface area contributed by atoms with Crippen LogP contribution in [0.15, 0.2) is 72.8 Å². The Morgan fingerprint density at radius 2 is 1.77 bits per heavy atom. The maximum Gasteiger partial charge on any atom is 0.255 e. The highest BCUT2D eigenvalue weighted by atomic mass is 16.5. The molecule has 3 aromatic carbocycles. The standard InChI is InChI=1S/C26H24N2O3/c1-4-31-25-16-22(18-8-6-5-7-9-18)27-21-12-11-19(15-20(21)25)26(29)28-23-14-17(2)10-13-24(23)30-3/h5-16H,4H2,1-3H3,(H,28,29). The summed E-state index contributed by atoms with van der Waals surface area (Å²) in [6.07, 6.45) is 0. The van der Waals surface area contributed by atoms with E-state index >= 15 is 0 Å². The summed E-state index contributed by atoms with van der Waals surface area (Å²) in [4.78, 5) is 17.7. The van der Waals surface area contributed by atoms with Crippen molar-refractivity contribution in [2.45, 2.75) is 13.8 Å². The molecule has 5 heteroatoms. The van der Waals surface area contributed by atoms with E-state index in [-0.39, 0.29) is 5.91 Å². The van der Waals surface area contributed by atoms with Crippen molar-refractivity contribution in [1.29, 1.82) is 0 Å². The summed E-state index contributed by atoms with van der Waals surface area (Å²) in [6, 6.07) is 23.0. The maximum atomic E-state index is 13.0. The van der Waals surface area contributed by atoms with Gasteiger partial charge in [-0.05, 0) is 49.7 Å². The van der Waals surface area contributed by atoms with Crippen LogP contribution >= 0.6 is 0 Å². The van der Waals surface area contributed by atoms with E-state index in [9.17, 15) is 4.79 Å². The van der Waals surface area contributed by atoms with E-state index in [0.29, 0.717) is 29.4 Å². The van der Waals surface area contributed by atoms with Crippen LogP contribution in [0.1, 0.15) is 22.8 Å². The van der Waals surface area contributed by atoms with Crippen LogP contribution in [0.5, 0.6) is 11.5 Å². The summed E-state index contributed by atoms with van der Waals surface area (Å²) in [7, 11) is 1.58. The Morgan fingerprint density at radius 3 is 2.52 bits per heavy atom. The number of carbonyl (C=O) groups excluding carboxylic acids is 1. The SMILES string of the molecule is CCOc1cc(-c2ccccc2)nc2ccc(C(=O)Nc3cc(C)ccc3OC)cc12. The molecular formula is C26H24N2O3. The number of ether oxygens (including phenoxy) is 2. The van der Waals surface area contributed by atoms with E-state index in [1.165, 1.54) is 0 Å². The lowest BCUT2D eigenvalue weighted by molar-refractivity contribution is 0.102. The van der Waals surface area contributed by atoms with Gasteiger partial charge in [-0.3, -0.25) is 4.79 Å². The van der Waals surface area contributed by atoms with Crippen molar-refractivity contribution in [1.82, 2.24) is 4.98 Å². The molecule has 1 amide bonds. The van der Waals surface area contributed by atoms with E-state index in [0.717, 1.165) is 27.7 Å². The molecule has 156 valence electrons. The molecule has 31 heavy (non-hydrogen) atoms. The molecular weight excluding hydrogens is 388 g/mol. The van der Waals surface area contributed by atoms with E-state index in [1.54, 1.807) is 13.2 Å². The van der Waals surface area contributed by atoms with Crippen LogP contribution in [0, 0.1) is 6.92 Å². The molecule has 0 aliphatic carbocycles. The smallest absolute Gasteiger partial charge is 0.255 e. The molecule has 0 saturated carbocycles. The Hall–Kier alpha value is -3.86. The predicted molar refractivity (Wildman–Crippen MR) is 124 cm³/mol. The van der Waals surface area contributed by atoms with Crippen LogP contribution in [-0.4, -0.2) is 24.6 Å². The predicted octanol–water partition coefficient (Wildman–Crippen LogP) is 5.87. The summed E-state index contributed by atoms with van der Waals surface area (Å²) in [5, 5.41) is 3.74. The van der Waals surface area contributed by atoms with Gasteiger partial charge in [0.1, 0.15) is 11.5 Å². The lowest BCUT2D eigenvalue weighted by Gasteiger charge is -2.13. The topological polar surface area (TPSA) is 60.5 Å². The van der Waals surface area contributed by atoms with E-state index in [1.807, 2.05) is 80.6 Å². The van der Waals surface area contributed by atoms with Crippen molar-refractivity contribution in [3.05, 3.63) is 83.9 Å². The second-order valence-electron chi connectivity index (χ2n) is 7.19. The zero-order valence-corrected chi connectivity index (χ0v) is 17.8. The fourth-order valence-corrected chi connectivity index (χ4v) is 3.48. The van der Waals surface area contributed by atoms with Gasteiger partial charge in [-0.25, -0.2) is 4.98 Å². The van der Waals surface area contributed by atoms with E-state index in [2.05, 4.69) is 5.32 Å².